The lowest BCUT2D eigenvalue weighted by Gasteiger charge is -2.16. The summed E-state index contributed by atoms with van der Waals surface area (Å²) in [6.07, 6.45) is 0.194. The van der Waals surface area contributed by atoms with Gasteiger partial charge in [-0.1, -0.05) is 16.6 Å². The number of rotatable bonds is 6. The van der Waals surface area contributed by atoms with E-state index >= 15 is 0 Å². The van der Waals surface area contributed by atoms with E-state index in [1.54, 1.807) is 0 Å². The molecule has 1 heterocycles. The molecule has 4 nitrogen and oxygen atoms in total. The van der Waals surface area contributed by atoms with Gasteiger partial charge in [0.25, 0.3) is 0 Å². The summed E-state index contributed by atoms with van der Waals surface area (Å²) in [6, 6.07) is 8.44. The smallest absolute Gasteiger partial charge is 0.120 e. The minimum Gasteiger partial charge on any atom is -0.491 e. The molecule has 1 aromatic carbocycles. The van der Waals surface area contributed by atoms with E-state index in [9.17, 15) is 0 Å². The molecule has 0 bridgehead atoms. The molecular formula is C14H19N3OS. The lowest BCUT2D eigenvalue weighted by Crippen LogP contribution is -2.18. The number of aromatic nitrogens is 2. The second kappa shape index (κ2) is 6.63. The summed E-state index contributed by atoms with van der Waals surface area (Å²) in [6.45, 7) is 6.92. The van der Waals surface area contributed by atoms with Crippen molar-refractivity contribution >= 4 is 11.5 Å². The highest BCUT2D eigenvalue weighted by Gasteiger charge is 2.07. The number of nitrogens with one attached hydrogen (secondary N) is 1. The molecule has 5 heteroatoms. The molecular weight excluding hydrogens is 258 g/mol. The highest BCUT2D eigenvalue weighted by Crippen LogP contribution is 2.20. The number of ether oxygens (including phenoxy) is 1. The van der Waals surface area contributed by atoms with Crippen molar-refractivity contribution in [1.29, 1.82) is 0 Å². The SMILES string of the molecule is CC(C)Oc1cccc(C(C)NCc2csnn2)c1. The standard InChI is InChI=1S/C14H19N3OS/c1-10(2)18-14-6-4-5-12(7-14)11(3)15-8-13-9-19-17-16-13/h4-7,9-11,15H,8H2,1-3H3. The third-order valence-corrected chi connectivity index (χ3v) is 3.28. The van der Waals surface area contributed by atoms with Gasteiger partial charge in [0.15, 0.2) is 0 Å². The van der Waals surface area contributed by atoms with Crippen molar-refractivity contribution in [3.63, 3.8) is 0 Å². The van der Waals surface area contributed by atoms with Gasteiger partial charge in [0.1, 0.15) is 5.75 Å². The van der Waals surface area contributed by atoms with Crippen molar-refractivity contribution in [2.24, 2.45) is 0 Å². The number of hydrogen-bond donors (Lipinski definition) is 1. The zero-order chi connectivity index (χ0) is 13.7. The van der Waals surface area contributed by atoms with Crippen molar-refractivity contribution in [3.8, 4) is 5.75 Å². The van der Waals surface area contributed by atoms with Crippen LogP contribution in [-0.4, -0.2) is 15.7 Å². The van der Waals surface area contributed by atoms with Crippen molar-refractivity contribution in [1.82, 2.24) is 14.9 Å². The number of hydrogen-bond acceptors (Lipinski definition) is 5. The van der Waals surface area contributed by atoms with Gasteiger partial charge in [-0.2, -0.15) is 0 Å². The van der Waals surface area contributed by atoms with E-state index in [4.69, 9.17) is 4.74 Å². The average Bonchev–Trinajstić information content (AvgIpc) is 2.88. The van der Waals surface area contributed by atoms with Crippen LogP contribution < -0.4 is 10.1 Å². The largest absolute Gasteiger partial charge is 0.491 e. The van der Waals surface area contributed by atoms with Gasteiger partial charge in [0.2, 0.25) is 0 Å². The van der Waals surface area contributed by atoms with Crippen LogP contribution in [0.15, 0.2) is 29.6 Å². The van der Waals surface area contributed by atoms with Crippen molar-refractivity contribution < 1.29 is 4.74 Å². The van der Waals surface area contributed by atoms with E-state index in [1.807, 2.05) is 31.4 Å². The maximum atomic E-state index is 5.71. The average molecular weight is 277 g/mol. The second-order valence-electron chi connectivity index (χ2n) is 4.74. The first kappa shape index (κ1) is 14.0. The molecule has 0 aliphatic carbocycles. The number of benzene rings is 1. The summed E-state index contributed by atoms with van der Waals surface area (Å²) >= 11 is 1.38. The summed E-state index contributed by atoms with van der Waals surface area (Å²) in [5.41, 5.74) is 2.19. The Morgan fingerprint density at radius 2 is 2.16 bits per heavy atom. The van der Waals surface area contributed by atoms with Gasteiger partial charge in [-0.15, -0.1) is 5.10 Å². The molecule has 1 aromatic heterocycles. The van der Waals surface area contributed by atoms with E-state index in [0.29, 0.717) is 0 Å². The molecule has 0 saturated carbocycles. The monoisotopic (exact) mass is 277 g/mol. The van der Waals surface area contributed by atoms with Crippen LogP contribution in [0, 0.1) is 0 Å². The van der Waals surface area contributed by atoms with Crippen LogP contribution in [0.4, 0.5) is 0 Å². The Morgan fingerprint density at radius 3 is 2.84 bits per heavy atom. The normalized spacial score (nSPS) is 12.6. The molecule has 0 amide bonds. The first-order chi connectivity index (χ1) is 9.15. The molecule has 0 spiro atoms. The van der Waals surface area contributed by atoms with Crippen molar-refractivity contribution in [2.75, 3.05) is 0 Å². The highest BCUT2D eigenvalue weighted by molar-refractivity contribution is 7.03. The predicted octanol–water partition coefficient (Wildman–Crippen LogP) is 3.18. The highest BCUT2D eigenvalue weighted by atomic mass is 32.1. The van der Waals surface area contributed by atoms with Gasteiger partial charge < -0.3 is 10.1 Å². The van der Waals surface area contributed by atoms with Gasteiger partial charge >= 0.3 is 0 Å². The molecule has 102 valence electrons. The molecule has 1 N–H and O–H groups in total. The van der Waals surface area contributed by atoms with Crippen molar-refractivity contribution in [3.05, 3.63) is 40.9 Å². The van der Waals surface area contributed by atoms with Gasteiger partial charge in [0, 0.05) is 18.0 Å². The van der Waals surface area contributed by atoms with Crippen LogP contribution in [-0.2, 0) is 6.54 Å². The fourth-order valence-corrected chi connectivity index (χ4v) is 2.22. The minimum absolute atomic E-state index is 0.194. The van der Waals surface area contributed by atoms with Gasteiger partial charge in [-0.05, 0) is 50.0 Å². The van der Waals surface area contributed by atoms with E-state index in [0.717, 1.165) is 18.0 Å². The summed E-state index contributed by atoms with van der Waals surface area (Å²) < 4.78 is 9.56. The minimum atomic E-state index is 0.194. The molecule has 0 aliphatic heterocycles. The molecule has 0 saturated heterocycles. The first-order valence-corrected chi connectivity index (χ1v) is 7.24. The molecule has 0 radical (unpaired) electrons. The molecule has 19 heavy (non-hydrogen) atoms. The molecule has 0 fully saturated rings. The lowest BCUT2D eigenvalue weighted by atomic mass is 10.1. The Morgan fingerprint density at radius 1 is 1.32 bits per heavy atom. The molecule has 2 aromatic rings. The molecule has 0 aliphatic rings. The Hall–Kier alpha value is -1.46. The van der Waals surface area contributed by atoms with Gasteiger partial charge in [-0.3, -0.25) is 0 Å². The second-order valence-corrected chi connectivity index (χ2v) is 5.35. The van der Waals surface area contributed by atoms with Crippen LogP contribution in [0.5, 0.6) is 5.75 Å². The predicted molar refractivity (Wildman–Crippen MR) is 77.4 cm³/mol. The maximum Gasteiger partial charge on any atom is 0.120 e. The van der Waals surface area contributed by atoms with Crippen LogP contribution in [0.1, 0.15) is 38.1 Å². The van der Waals surface area contributed by atoms with E-state index < -0.39 is 0 Å². The fourth-order valence-electron chi connectivity index (χ4n) is 1.77. The molecule has 1 atom stereocenters. The van der Waals surface area contributed by atoms with Gasteiger partial charge in [-0.25, -0.2) is 0 Å². The van der Waals surface area contributed by atoms with E-state index in [2.05, 4.69) is 34.0 Å². The quantitative estimate of drug-likeness (QED) is 0.881. The van der Waals surface area contributed by atoms with Crippen LogP contribution in [0.2, 0.25) is 0 Å². The Balaban J connectivity index is 1.96. The lowest BCUT2D eigenvalue weighted by molar-refractivity contribution is 0.242. The maximum absolute atomic E-state index is 5.71. The fraction of sp³-hybridized carbons (Fsp3) is 0.429. The van der Waals surface area contributed by atoms with Crippen LogP contribution >= 0.6 is 11.5 Å². The molecule has 2 rings (SSSR count). The molecule has 1 unspecified atom stereocenters. The Bertz CT molecular complexity index is 499. The summed E-state index contributed by atoms with van der Waals surface area (Å²) in [7, 11) is 0. The van der Waals surface area contributed by atoms with E-state index in [1.165, 1.54) is 17.1 Å². The van der Waals surface area contributed by atoms with Crippen LogP contribution in [0.3, 0.4) is 0 Å². The van der Waals surface area contributed by atoms with Crippen LogP contribution in [0.25, 0.3) is 0 Å². The third kappa shape index (κ3) is 4.29. The Kier molecular flexibility index (Phi) is 4.87. The number of nitrogens with zero attached hydrogens (tertiary/aromatic N) is 2. The zero-order valence-corrected chi connectivity index (χ0v) is 12.3. The first-order valence-electron chi connectivity index (χ1n) is 6.41. The summed E-state index contributed by atoms with van der Waals surface area (Å²) in [5.74, 6) is 0.913. The zero-order valence-electron chi connectivity index (χ0n) is 11.5. The van der Waals surface area contributed by atoms with Crippen molar-refractivity contribution in [2.45, 2.75) is 39.5 Å². The van der Waals surface area contributed by atoms with Gasteiger partial charge in [0.05, 0.1) is 11.8 Å². The summed E-state index contributed by atoms with van der Waals surface area (Å²) in [5, 5.41) is 9.41. The topological polar surface area (TPSA) is 47.0 Å². The Labute approximate surface area is 118 Å². The summed E-state index contributed by atoms with van der Waals surface area (Å²) in [4.78, 5) is 0. The van der Waals surface area contributed by atoms with E-state index in [-0.39, 0.29) is 12.1 Å². The third-order valence-electron chi connectivity index (χ3n) is 2.72.